The van der Waals surface area contributed by atoms with Gasteiger partial charge in [-0.05, 0) is 13.0 Å². The Labute approximate surface area is 73.5 Å². The Balaban J connectivity index is 2.73. The third-order valence-electron chi connectivity index (χ3n) is 1.56. The van der Waals surface area contributed by atoms with Crippen molar-refractivity contribution in [3.8, 4) is 0 Å². The van der Waals surface area contributed by atoms with Crippen molar-refractivity contribution in [1.82, 2.24) is 20.2 Å². The molecule has 2 aromatic rings. The van der Waals surface area contributed by atoms with Crippen LogP contribution in [-0.4, -0.2) is 20.2 Å². The first kappa shape index (κ1) is 7.42. The molecule has 0 aliphatic heterocycles. The van der Waals surface area contributed by atoms with Crippen LogP contribution in [0.1, 0.15) is 6.92 Å². The largest absolute Gasteiger partial charge is 0.311 e. The summed E-state index contributed by atoms with van der Waals surface area (Å²) in [5.74, 6) is 0. The van der Waals surface area contributed by atoms with Crippen molar-refractivity contribution in [3.05, 3.63) is 17.3 Å². The zero-order chi connectivity index (χ0) is 8.55. The first-order chi connectivity index (χ1) is 5.81. The average Bonchev–Trinajstić information content (AvgIpc) is 2.46. The van der Waals surface area contributed by atoms with Crippen LogP contribution in [0.3, 0.4) is 0 Å². The van der Waals surface area contributed by atoms with Gasteiger partial charge in [0.1, 0.15) is 5.21 Å². The fourth-order valence-corrected chi connectivity index (χ4v) is 1.13. The number of tetrazole rings is 1. The highest BCUT2D eigenvalue weighted by Gasteiger charge is 2.11. The van der Waals surface area contributed by atoms with Gasteiger partial charge in [-0.15, -0.1) is 4.68 Å². The number of hydrogen-bond donors (Lipinski definition) is 0. The maximum absolute atomic E-state index is 5.66. The second-order valence-electron chi connectivity index (χ2n) is 2.30. The number of aryl methyl sites for hydroxylation is 1. The molecule has 0 aromatic carbocycles. The Morgan fingerprint density at radius 2 is 2.42 bits per heavy atom. The molecule has 0 N–H and O–H groups in total. The van der Waals surface area contributed by atoms with Gasteiger partial charge in [-0.1, -0.05) is 16.7 Å². The first-order valence-electron chi connectivity index (χ1n) is 3.59. The Bertz CT molecular complexity index is 409. The van der Waals surface area contributed by atoms with Crippen molar-refractivity contribution in [1.29, 1.82) is 0 Å². The summed E-state index contributed by atoms with van der Waals surface area (Å²) in [4.78, 5) is 0. The van der Waals surface area contributed by atoms with Crippen molar-refractivity contribution in [2.45, 2.75) is 13.5 Å². The van der Waals surface area contributed by atoms with E-state index < -0.39 is 0 Å². The van der Waals surface area contributed by atoms with E-state index in [1.54, 1.807) is 10.7 Å². The van der Waals surface area contributed by atoms with E-state index in [-0.39, 0.29) is 0 Å². The lowest BCUT2D eigenvalue weighted by atomic mass is 10.5. The molecule has 62 valence electrons. The quantitative estimate of drug-likeness (QED) is 0.590. The minimum Gasteiger partial charge on any atom is -0.132 e. The molecule has 12 heavy (non-hydrogen) atoms. The van der Waals surface area contributed by atoms with Crippen LogP contribution < -0.4 is 4.68 Å². The average molecular weight is 185 g/mol. The topological polar surface area (TPSA) is 47.0 Å². The molecular weight excluding hydrogens is 178 g/mol. The molecule has 0 atom stereocenters. The summed E-state index contributed by atoms with van der Waals surface area (Å²) >= 11 is 5.66. The maximum Gasteiger partial charge on any atom is 0.311 e. The summed E-state index contributed by atoms with van der Waals surface area (Å²) in [5, 5.41) is 12.0. The predicted molar refractivity (Wildman–Crippen MR) is 41.7 cm³/mol. The van der Waals surface area contributed by atoms with Gasteiger partial charge in [0.25, 0.3) is 0 Å². The van der Waals surface area contributed by atoms with Crippen LogP contribution in [0.4, 0.5) is 0 Å². The molecule has 0 spiro atoms. The third kappa shape index (κ3) is 1.02. The molecule has 0 saturated carbocycles. The Morgan fingerprint density at radius 3 is 3.17 bits per heavy atom. The molecule has 0 fully saturated rings. The van der Waals surface area contributed by atoms with E-state index in [4.69, 9.17) is 11.6 Å². The highest BCUT2D eigenvalue weighted by Crippen LogP contribution is 2.01. The minimum absolute atomic E-state index is 0.413. The maximum atomic E-state index is 5.66. The van der Waals surface area contributed by atoms with Gasteiger partial charge in [-0.3, -0.25) is 0 Å². The molecule has 2 heterocycles. The predicted octanol–water partition coefficient (Wildman–Crippen LogP) is 0.0851. The van der Waals surface area contributed by atoms with Crippen molar-refractivity contribution < 1.29 is 4.68 Å². The van der Waals surface area contributed by atoms with Crippen LogP contribution in [0.15, 0.2) is 12.1 Å². The van der Waals surface area contributed by atoms with Gasteiger partial charge in [0.05, 0.1) is 6.54 Å². The van der Waals surface area contributed by atoms with Gasteiger partial charge in [-0.2, -0.15) is 0 Å². The number of fused-ring (bicyclic) bond motifs is 1. The molecule has 0 bridgehead atoms. The monoisotopic (exact) mass is 184 g/mol. The van der Waals surface area contributed by atoms with E-state index in [9.17, 15) is 0 Å². The number of aromatic nitrogens is 5. The lowest BCUT2D eigenvalue weighted by Crippen LogP contribution is -2.34. The number of rotatable bonds is 1. The molecule has 0 saturated heterocycles. The Hall–Kier alpha value is -1.23. The van der Waals surface area contributed by atoms with Gasteiger partial charge in [0.15, 0.2) is 10.4 Å². The molecular formula is C6H7ClN5+. The highest BCUT2D eigenvalue weighted by molar-refractivity contribution is 6.29. The lowest BCUT2D eigenvalue weighted by Gasteiger charge is -1.86. The Kier molecular flexibility index (Phi) is 1.65. The molecule has 0 amide bonds. The number of halogens is 1. The molecule has 6 heteroatoms. The van der Waals surface area contributed by atoms with Crippen molar-refractivity contribution in [3.63, 3.8) is 0 Å². The molecule has 2 rings (SSSR count). The van der Waals surface area contributed by atoms with Gasteiger partial charge >= 0.3 is 5.65 Å². The second-order valence-corrected chi connectivity index (χ2v) is 2.69. The zero-order valence-electron chi connectivity index (χ0n) is 6.48. The van der Waals surface area contributed by atoms with Gasteiger partial charge in [0, 0.05) is 10.7 Å². The van der Waals surface area contributed by atoms with Crippen LogP contribution in [-0.2, 0) is 6.54 Å². The van der Waals surface area contributed by atoms with Crippen LogP contribution in [0.5, 0.6) is 0 Å². The van der Waals surface area contributed by atoms with Gasteiger partial charge in [0.2, 0.25) is 0 Å². The van der Waals surface area contributed by atoms with Crippen LogP contribution in [0.25, 0.3) is 5.65 Å². The van der Waals surface area contributed by atoms with E-state index >= 15 is 0 Å². The molecule has 5 nitrogen and oxygen atoms in total. The summed E-state index contributed by atoms with van der Waals surface area (Å²) in [7, 11) is 0. The van der Waals surface area contributed by atoms with Crippen molar-refractivity contribution in [2.75, 3.05) is 0 Å². The molecule has 0 radical (unpaired) electrons. The van der Waals surface area contributed by atoms with E-state index in [1.165, 1.54) is 4.63 Å². The van der Waals surface area contributed by atoms with E-state index in [0.29, 0.717) is 5.15 Å². The smallest absolute Gasteiger partial charge is 0.132 e. The fraction of sp³-hybridized carbons (Fsp3) is 0.333. The van der Waals surface area contributed by atoms with Crippen LogP contribution in [0.2, 0.25) is 5.15 Å². The van der Waals surface area contributed by atoms with E-state index in [0.717, 1.165) is 12.2 Å². The van der Waals surface area contributed by atoms with E-state index in [2.05, 4.69) is 15.5 Å². The molecule has 2 aromatic heterocycles. The third-order valence-corrected chi connectivity index (χ3v) is 1.76. The first-order valence-corrected chi connectivity index (χ1v) is 3.97. The number of hydrogen-bond acceptors (Lipinski definition) is 3. The lowest BCUT2D eigenvalue weighted by molar-refractivity contribution is -0.728. The molecule has 0 unspecified atom stereocenters. The normalized spacial score (nSPS) is 10.8. The second kappa shape index (κ2) is 2.67. The fourth-order valence-electron chi connectivity index (χ4n) is 0.997. The van der Waals surface area contributed by atoms with Crippen molar-refractivity contribution in [2.24, 2.45) is 0 Å². The highest BCUT2D eigenvalue weighted by atomic mass is 35.5. The van der Waals surface area contributed by atoms with Crippen LogP contribution in [0, 0.1) is 0 Å². The van der Waals surface area contributed by atoms with E-state index in [1.807, 2.05) is 13.0 Å². The molecule has 0 aliphatic carbocycles. The summed E-state index contributed by atoms with van der Waals surface area (Å²) in [6.45, 7) is 2.76. The summed E-state index contributed by atoms with van der Waals surface area (Å²) in [6.07, 6.45) is 0. The summed E-state index contributed by atoms with van der Waals surface area (Å²) < 4.78 is 3.15. The SMILES string of the molecule is CC[n+]1nnn2nc(Cl)ccc21. The zero-order valence-corrected chi connectivity index (χ0v) is 7.23. The van der Waals surface area contributed by atoms with Crippen LogP contribution >= 0.6 is 11.6 Å². The summed E-state index contributed by atoms with van der Waals surface area (Å²) in [6, 6.07) is 3.55. The number of nitrogens with zero attached hydrogens (tertiary/aromatic N) is 5. The standard InChI is InChI=1S/C6H7ClN5/c1-2-11-6-4-3-5(7)8-12(6)10-9-11/h3-4H,2H2,1H3/q+1. The van der Waals surface area contributed by atoms with Gasteiger partial charge < -0.3 is 0 Å². The summed E-state index contributed by atoms with van der Waals surface area (Å²) in [5.41, 5.74) is 0.835. The van der Waals surface area contributed by atoms with Crippen molar-refractivity contribution >= 4 is 17.2 Å². The molecule has 0 aliphatic rings. The Morgan fingerprint density at radius 1 is 1.58 bits per heavy atom. The minimum atomic E-state index is 0.413. The van der Waals surface area contributed by atoms with Gasteiger partial charge in [-0.25, -0.2) is 0 Å².